The molecule has 1 fully saturated rings. The van der Waals surface area contributed by atoms with Crippen molar-refractivity contribution in [3.63, 3.8) is 0 Å². The van der Waals surface area contributed by atoms with Crippen LogP contribution in [0, 0.1) is 5.92 Å². The second-order valence-electron chi connectivity index (χ2n) is 2.90. The summed E-state index contributed by atoms with van der Waals surface area (Å²) in [7, 11) is 0. The van der Waals surface area contributed by atoms with E-state index in [9.17, 15) is 9.59 Å². The van der Waals surface area contributed by atoms with Gasteiger partial charge in [-0.25, -0.2) is 0 Å². The molecule has 0 amide bonds. The molecular formula is C6H10ClNO4. The van der Waals surface area contributed by atoms with Crippen molar-refractivity contribution in [3.8, 4) is 0 Å². The highest BCUT2D eigenvalue weighted by molar-refractivity contribution is 5.85. The van der Waals surface area contributed by atoms with Crippen molar-refractivity contribution in [2.45, 2.75) is 18.4 Å². The summed E-state index contributed by atoms with van der Waals surface area (Å²) in [6, 6.07) is 0. The third-order valence-electron chi connectivity index (χ3n) is 2.00. The summed E-state index contributed by atoms with van der Waals surface area (Å²) in [6.07, 6.45) is 0.0787. The SMILES string of the molecule is Cl.NC1(C(=O)O)CC(C(=O)O)C1. The van der Waals surface area contributed by atoms with Crippen molar-refractivity contribution in [1.29, 1.82) is 0 Å². The van der Waals surface area contributed by atoms with Crippen molar-refractivity contribution in [2.75, 3.05) is 0 Å². The van der Waals surface area contributed by atoms with E-state index in [4.69, 9.17) is 15.9 Å². The number of carboxylic acids is 2. The Hall–Kier alpha value is -0.810. The third kappa shape index (κ3) is 1.67. The van der Waals surface area contributed by atoms with Gasteiger partial charge in [0.05, 0.1) is 5.92 Å². The van der Waals surface area contributed by atoms with E-state index in [0.29, 0.717) is 0 Å². The molecule has 1 rings (SSSR count). The minimum absolute atomic E-state index is 0. The van der Waals surface area contributed by atoms with Gasteiger partial charge in [0, 0.05) is 0 Å². The highest BCUT2D eigenvalue weighted by atomic mass is 35.5. The van der Waals surface area contributed by atoms with E-state index in [0.717, 1.165) is 0 Å². The lowest BCUT2D eigenvalue weighted by atomic mass is 9.69. The first-order chi connectivity index (χ1) is 4.96. The summed E-state index contributed by atoms with van der Waals surface area (Å²) in [5, 5.41) is 16.9. The van der Waals surface area contributed by atoms with Crippen LogP contribution in [0.4, 0.5) is 0 Å². The maximum atomic E-state index is 10.4. The van der Waals surface area contributed by atoms with E-state index >= 15 is 0 Å². The van der Waals surface area contributed by atoms with E-state index in [1.807, 2.05) is 0 Å². The quantitative estimate of drug-likeness (QED) is 0.561. The molecule has 0 atom stereocenters. The fraction of sp³-hybridized carbons (Fsp3) is 0.667. The first-order valence-corrected chi connectivity index (χ1v) is 3.21. The van der Waals surface area contributed by atoms with Crippen LogP contribution in [0.2, 0.25) is 0 Å². The van der Waals surface area contributed by atoms with Crippen molar-refractivity contribution in [2.24, 2.45) is 11.7 Å². The Kier molecular flexibility index (Phi) is 3.06. The molecule has 1 aliphatic carbocycles. The zero-order chi connectivity index (χ0) is 8.65. The van der Waals surface area contributed by atoms with Gasteiger partial charge in [-0.3, -0.25) is 9.59 Å². The van der Waals surface area contributed by atoms with Crippen molar-refractivity contribution in [1.82, 2.24) is 0 Å². The number of nitrogens with two attached hydrogens (primary N) is 1. The largest absolute Gasteiger partial charge is 0.481 e. The molecule has 0 aromatic carbocycles. The summed E-state index contributed by atoms with van der Waals surface area (Å²) in [4.78, 5) is 20.6. The standard InChI is InChI=1S/C6H9NO4.ClH/c7-6(5(10)11)1-3(2-6)4(8)9;/h3H,1-2,7H2,(H,8,9)(H,10,11);1H. The molecule has 1 saturated carbocycles. The zero-order valence-corrected chi connectivity index (χ0v) is 7.00. The Labute approximate surface area is 75.0 Å². The summed E-state index contributed by atoms with van der Waals surface area (Å²) < 4.78 is 0. The van der Waals surface area contributed by atoms with E-state index in [2.05, 4.69) is 0 Å². The highest BCUT2D eigenvalue weighted by Crippen LogP contribution is 2.35. The van der Waals surface area contributed by atoms with Gasteiger partial charge in [0.15, 0.2) is 0 Å². The number of carbonyl (C=O) groups is 2. The molecule has 0 heterocycles. The van der Waals surface area contributed by atoms with E-state index in [1.54, 1.807) is 0 Å². The number of rotatable bonds is 2. The molecule has 0 radical (unpaired) electrons. The van der Waals surface area contributed by atoms with Gasteiger partial charge in [-0.1, -0.05) is 0 Å². The average Bonchev–Trinajstić information content (AvgIpc) is 1.79. The summed E-state index contributed by atoms with van der Waals surface area (Å²) in [5.41, 5.74) is 4.02. The summed E-state index contributed by atoms with van der Waals surface area (Å²) >= 11 is 0. The molecule has 0 bridgehead atoms. The summed E-state index contributed by atoms with van der Waals surface area (Å²) in [5.74, 6) is -2.65. The van der Waals surface area contributed by atoms with Crippen LogP contribution in [0.15, 0.2) is 0 Å². The molecule has 12 heavy (non-hydrogen) atoms. The Bertz CT molecular complexity index is 212. The third-order valence-corrected chi connectivity index (χ3v) is 2.00. The first kappa shape index (κ1) is 11.2. The van der Waals surface area contributed by atoms with Crippen LogP contribution in [0.3, 0.4) is 0 Å². The predicted octanol–water partition coefficient (Wildman–Crippen LogP) is -0.315. The molecule has 0 aromatic rings. The first-order valence-electron chi connectivity index (χ1n) is 3.21. The van der Waals surface area contributed by atoms with E-state index < -0.39 is 23.4 Å². The van der Waals surface area contributed by atoms with E-state index in [1.165, 1.54) is 0 Å². The lowest BCUT2D eigenvalue weighted by molar-refractivity contribution is -0.156. The predicted molar refractivity (Wildman–Crippen MR) is 42.2 cm³/mol. The van der Waals surface area contributed by atoms with Gasteiger partial charge in [0.1, 0.15) is 5.54 Å². The number of halogens is 1. The van der Waals surface area contributed by atoms with Gasteiger partial charge in [0.25, 0.3) is 0 Å². The maximum Gasteiger partial charge on any atom is 0.323 e. The summed E-state index contributed by atoms with van der Waals surface area (Å²) in [6.45, 7) is 0. The molecule has 6 heteroatoms. The van der Waals surface area contributed by atoms with Gasteiger partial charge < -0.3 is 15.9 Å². The number of hydrogen-bond acceptors (Lipinski definition) is 3. The van der Waals surface area contributed by atoms with Crippen LogP contribution in [-0.4, -0.2) is 27.7 Å². The van der Waals surface area contributed by atoms with Crippen molar-refractivity contribution >= 4 is 24.3 Å². The lowest BCUT2D eigenvalue weighted by Crippen LogP contribution is -2.59. The number of carboxylic acid groups (broad SMARTS) is 2. The van der Waals surface area contributed by atoms with Crippen LogP contribution in [0.25, 0.3) is 0 Å². The van der Waals surface area contributed by atoms with Gasteiger partial charge in [-0.2, -0.15) is 0 Å². The molecule has 0 unspecified atom stereocenters. The lowest BCUT2D eigenvalue weighted by Gasteiger charge is -2.38. The molecule has 5 nitrogen and oxygen atoms in total. The average molecular weight is 196 g/mol. The molecule has 0 saturated heterocycles. The fourth-order valence-electron chi connectivity index (χ4n) is 1.17. The molecule has 0 aromatic heterocycles. The molecular weight excluding hydrogens is 186 g/mol. The highest BCUT2D eigenvalue weighted by Gasteiger charge is 2.50. The van der Waals surface area contributed by atoms with Crippen molar-refractivity contribution in [3.05, 3.63) is 0 Å². The minimum atomic E-state index is -1.29. The number of hydrogen-bond donors (Lipinski definition) is 3. The van der Waals surface area contributed by atoms with Crippen LogP contribution >= 0.6 is 12.4 Å². The van der Waals surface area contributed by atoms with Crippen LogP contribution in [0.5, 0.6) is 0 Å². The second-order valence-corrected chi connectivity index (χ2v) is 2.90. The minimum Gasteiger partial charge on any atom is -0.481 e. The monoisotopic (exact) mass is 195 g/mol. The van der Waals surface area contributed by atoms with E-state index in [-0.39, 0.29) is 25.2 Å². The Balaban J connectivity index is 0.00000121. The zero-order valence-electron chi connectivity index (χ0n) is 6.19. The molecule has 0 spiro atoms. The maximum absolute atomic E-state index is 10.4. The Morgan fingerprint density at radius 3 is 2.00 bits per heavy atom. The van der Waals surface area contributed by atoms with Crippen LogP contribution in [-0.2, 0) is 9.59 Å². The molecule has 4 N–H and O–H groups in total. The number of aliphatic carboxylic acids is 2. The van der Waals surface area contributed by atoms with Crippen molar-refractivity contribution < 1.29 is 19.8 Å². The Morgan fingerprint density at radius 2 is 1.75 bits per heavy atom. The molecule has 70 valence electrons. The van der Waals surface area contributed by atoms with Gasteiger partial charge >= 0.3 is 11.9 Å². The molecule has 0 aliphatic heterocycles. The van der Waals surface area contributed by atoms with Gasteiger partial charge in [-0.05, 0) is 12.8 Å². The normalized spacial score (nSPS) is 32.9. The van der Waals surface area contributed by atoms with Gasteiger partial charge in [0.2, 0.25) is 0 Å². The topological polar surface area (TPSA) is 101 Å². The fourth-order valence-corrected chi connectivity index (χ4v) is 1.17. The Morgan fingerprint density at radius 1 is 1.33 bits per heavy atom. The van der Waals surface area contributed by atoms with Crippen LogP contribution in [0.1, 0.15) is 12.8 Å². The second kappa shape index (κ2) is 3.28. The smallest absolute Gasteiger partial charge is 0.323 e. The van der Waals surface area contributed by atoms with Gasteiger partial charge in [-0.15, -0.1) is 12.4 Å². The van der Waals surface area contributed by atoms with Crippen LogP contribution < -0.4 is 5.73 Å². The molecule has 1 aliphatic rings.